The van der Waals surface area contributed by atoms with Crippen LogP contribution in [-0.2, 0) is 6.42 Å². The summed E-state index contributed by atoms with van der Waals surface area (Å²) < 4.78 is 1.90. The molecule has 0 saturated carbocycles. The molecule has 0 bridgehead atoms. The number of alkyl halides is 1. The summed E-state index contributed by atoms with van der Waals surface area (Å²) in [6.45, 7) is 1.94. The van der Waals surface area contributed by atoms with Gasteiger partial charge in [0.2, 0.25) is 0 Å². The van der Waals surface area contributed by atoms with E-state index < -0.39 is 0 Å². The summed E-state index contributed by atoms with van der Waals surface area (Å²) in [6.07, 6.45) is 0.610. The molecule has 3 nitrogen and oxygen atoms in total. The molecule has 0 spiro atoms. The average molecular weight is 341 g/mol. The number of pyridine rings is 1. The summed E-state index contributed by atoms with van der Waals surface area (Å²) in [7, 11) is 0. The van der Waals surface area contributed by atoms with Gasteiger partial charge in [0.05, 0.1) is 15.7 Å². The van der Waals surface area contributed by atoms with Gasteiger partial charge in [0, 0.05) is 18.0 Å². The molecule has 108 valence electrons. The predicted octanol–water partition coefficient (Wildman–Crippen LogP) is 4.82. The molecule has 0 aliphatic carbocycles. The Labute approximate surface area is 137 Å². The number of benzene rings is 1. The highest BCUT2D eigenvalue weighted by Crippen LogP contribution is 2.32. The highest BCUT2D eigenvalue weighted by molar-refractivity contribution is 6.37. The molecule has 0 aliphatic heterocycles. The van der Waals surface area contributed by atoms with Crippen molar-refractivity contribution in [1.29, 1.82) is 0 Å². The van der Waals surface area contributed by atoms with Gasteiger partial charge in [-0.2, -0.15) is 0 Å². The van der Waals surface area contributed by atoms with Crippen molar-refractivity contribution in [2.24, 2.45) is 0 Å². The molecular weight excluding hydrogens is 329 g/mol. The summed E-state index contributed by atoms with van der Waals surface area (Å²) >= 11 is 18.6. The molecule has 0 amide bonds. The maximum Gasteiger partial charge on any atom is 0.165 e. The number of para-hydroxylation sites is 1. The lowest BCUT2D eigenvalue weighted by atomic mass is 10.3. The zero-order valence-electron chi connectivity index (χ0n) is 11.3. The molecule has 2 heterocycles. The summed E-state index contributed by atoms with van der Waals surface area (Å²) in [5.74, 6) is 1.26. The third kappa shape index (κ3) is 2.61. The minimum atomic E-state index is 0.463. The maximum absolute atomic E-state index is 6.34. The van der Waals surface area contributed by atoms with Gasteiger partial charge < -0.3 is 0 Å². The Morgan fingerprint density at radius 3 is 2.43 bits per heavy atom. The molecule has 0 saturated heterocycles. The zero-order valence-corrected chi connectivity index (χ0v) is 13.5. The second-order valence-electron chi connectivity index (χ2n) is 4.67. The molecule has 6 heteroatoms. The molecule has 0 aliphatic rings. The number of imidazole rings is 1. The van der Waals surface area contributed by atoms with Gasteiger partial charge in [-0.15, -0.1) is 11.6 Å². The van der Waals surface area contributed by atoms with Gasteiger partial charge in [0.1, 0.15) is 11.3 Å². The van der Waals surface area contributed by atoms with Gasteiger partial charge in [-0.25, -0.2) is 9.97 Å². The number of nitrogens with zero attached hydrogens (tertiary/aromatic N) is 3. The molecule has 1 aromatic carbocycles. The van der Waals surface area contributed by atoms with Gasteiger partial charge in [-0.3, -0.25) is 4.57 Å². The number of hydrogen-bond donors (Lipinski definition) is 0. The molecule has 0 fully saturated rings. The Hall–Kier alpha value is -1.29. The third-order valence-electron chi connectivity index (χ3n) is 3.19. The molecule has 0 N–H and O–H groups in total. The first-order valence-corrected chi connectivity index (χ1v) is 7.76. The van der Waals surface area contributed by atoms with Crippen molar-refractivity contribution in [3.8, 4) is 5.69 Å². The van der Waals surface area contributed by atoms with E-state index in [4.69, 9.17) is 34.8 Å². The molecule has 3 aromatic rings. The average Bonchev–Trinajstić information content (AvgIpc) is 2.77. The lowest BCUT2D eigenvalue weighted by molar-refractivity contribution is 0.904. The zero-order chi connectivity index (χ0) is 15.0. The third-order valence-corrected chi connectivity index (χ3v) is 3.99. The van der Waals surface area contributed by atoms with Gasteiger partial charge >= 0.3 is 0 Å². The quantitative estimate of drug-likeness (QED) is 0.640. The van der Waals surface area contributed by atoms with E-state index in [-0.39, 0.29) is 0 Å². The Balaban J connectivity index is 2.38. The van der Waals surface area contributed by atoms with Crippen LogP contribution in [0, 0.1) is 6.92 Å². The fourth-order valence-electron chi connectivity index (χ4n) is 2.29. The Bertz CT molecular complexity index is 791. The van der Waals surface area contributed by atoms with Crippen LogP contribution in [0.15, 0.2) is 30.3 Å². The van der Waals surface area contributed by atoms with E-state index in [1.165, 1.54) is 0 Å². The first kappa shape index (κ1) is 14.6. The fourth-order valence-corrected chi connectivity index (χ4v) is 3.02. The maximum atomic E-state index is 6.34. The van der Waals surface area contributed by atoms with Crippen LogP contribution in [0.5, 0.6) is 0 Å². The summed E-state index contributed by atoms with van der Waals surface area (Å²) in [4.78, 5) is 9.18. The second kappa shape index (κ2) is 5.84. The van der Waals surface area contributed by atoms with Crippen molar-refractivity contribution in [3.05, 3.63) is 51.9 Å². The monoisotopic (exact) mass is 339 g/mol. The van der Waals surface area contributed by atoms with Gasteiger partial charge in [-0.1, -0.05) is 29.3 Å². The van der Waals surface area contributed by atoms with E-state index in [2.05, 4.69) is 9.97 Å². The molecule has 0 unspecified atom stereocenters. The van der Waals surface area contributed by atoms with Crippen molar-refractivity contribution >= 4 is 46.0 Å². The molecule has 0 radical (unpaired) electrons. The van der Waals surface area contributed by atoms with E-state index in [9.17, 15) is 0 Å². The molecule has 3 rings (SSSR count). The Morgan fingerprint density at radius 2 is 1.76 bits per heavy atom. The fraction of sp³-hybridized carbons (Fsp3) is 0.200. The lowest BCUT2D eigenvalue weighted by Crippen LogP contribution is -2.04. The van der Waals surface area contributed by atoms with E-state index in [0.717, 1.165) is 22.7 Å². The van der Waals surface area contributed by atoms with Gasteiger partial charge in [0.15, 0.2) is 5.65 Å². The first-order chi connectivity index (χ1) is 10.1. The van der Waals surface area contributed by atoms with E-state index >= 15 is 0 Å². The number of hydrogen-bond acceptors (Lipinski definition) is 2. The first-order valence-electron chi connectivity index (χ1n) is 6.47. The minimum Gasteiger partial charge on any atom is -0.278 e. The Morgan fingerprint density at radius 1 is 1.05 bits per heavy atom. The molecular formula is C15H12Cl3N3. The van der Waals surface area contributed by atoms with E-state index in [0.29, 0.717) is 28.0 Å². The van der Waals surface area contributed by atoms with Crippen molar-refractivity contribution < 1.29 is 0 Å². The largest absolute Gasteiger partial charge is 0.278 e. The number of fused-ring (bicyclic) bond motifs is 1. The second-order valence-corrected chi connectivity index (χ2v) is 5.86. The van der Waals surface area contributed by atoms with Crippen LogP contribution in [0.3, 0.4) is 0 Å². The van der Waals surface area contributed by atoms with Crippen LogP contribution in [0.1, 0.15) is 11.5 Å². The summed E-state index contributed by atoms with van der Waals surface area (Å²) in [6, 6.07) is 9.28. The highest BCUT2D eigenvalue weighted by Gasteiger charge is 2.18. The highest BCUT2D eigenvalue weighted by atomic mass is 35.5. The van der Waals surface area contributed by atoms with Crippen LogP contribution in [-0.4, -0.2) is 20.4 Å². The summed E-state index contributed by atoms with van der Waals surface area (Å²) in [5.41, 5.74) is 3.15. The number of rotatable bonds is 3. The van der Waals surface area contributed by atoms with Crippen molar-refractivity contribution in [2.45, 2.75) is 13.3 Å². The Kier molecular flexibility index (Phi) is 4.07. The lowest BCUT2D eigenvalue weighted by Gasteiger charge is -2.12. The van der Waals surface area contributed by atoms with Crippen LogP contribution >= 0.6 is 34.8 Å². The van der Waals surface area contributed by atoms with Crippen LogP contribution in [0.4, 0.5) is 0 Å². The van der Waals surface area contributed by atoms with E-state index in [1.54, 1.807) is 12.1 Å². The topological polar surface area (TPSA) is 30.7 Å². The van der Waals surface area contributed by atoms with E-state index in [1.807, 2.05) is 29.7 Å². The van der Waals surface area contributed by atoms with Crippen molar-refractivity contribution in [3.63, 3.8) is 0 Å². The van der Waals surface area contributed by atoms with Crippen LogP contribution in [0.2, 0.25) is 10.0 Å². The van der Waals surface area contributed by atoms with Gasteiger partial charge in [0.25, 0.3) is 0 Å². The normalized spacial score (nSPS) is 11.2. The number of halogens is 3. The molecule has 0 atom stereocenters. The van der Waals surface area contributed by atoms with Crippen LogP contribution < -0.4 is 0 Å². The number of aromatic nitrogens is 3. The smallest absolute Gasteiger partial charge is 0.165 e. The van der Waals surface area contributed by atoms with Crippen LogP contribution in [0.25, 0.3) is 16.9 Å². The number of aryl methyl sites for hydroxylation is 2. The standard InChI is InChI=1S/C15H12Cl3N3/c1-9-5-6-12-15(19-9)21(13(20-12)7-8-16)14-10(17)3-2-4-11(14)18/h2-6H,7-8H2,1H3. The summed E-state index contributed by atoms with van der Waals surface area (Å²) in [5, 5.41) is 1.11. The van der Waals surface area contributed by atoms with Crippen molar-refractivity contribution in [2.75, 3.05) is 5.88 Å². The molecule has 21 heavy (non-hydrogen) atoms. The predicted molar refractivity (Wildman–Crippen MR) is 88.0 cm³/mol. The van der Waals surface area contributed by atoms with Crippen molar-refractivity contribution in [1.82, 2.24) is 14.5 Å². The SMILES string of the molecule is Cc1ccc2nc(CCCl)n(-c3c(Cl)cccc3Cl)c2n1. The minimum absolute atomic E-state index is 0.463. The molecule has 2 aromatic heterocycles. The van der Waals surface area contributed by atoms with Gasteiger partial charge in [-0.05, 0) is 31.2 Å².